The van der Waals surface area contributed by atoms with E-state index in [1.165, 1.54) is 4.90 Å². The second-order valence-corrected chi connectivity index (χ2v) is 5.74. The summed E-state index contributed by atoms with van der Waals surface area (Å²) in [5, 5.41) is 0. The number of carbonyl (C=O) groups is 2. The van der Waals surface area contributed by atoms with Gasteiger partial charge in [0.1, 0.15) is 0 Å². The average Bonchev–Trinajstić information content (AvgIpc) is 2.73. The van der Waals surface area contributed by atoms with Crippen LogP contribution in [0.3, 0.4) is 0 Å². The second kappa shape index (κ2) is 4.14. The van der Waals surface area contributed by atoms with Crippen LogP contribution in [0.4, 0.5) is 0 Å². The van der Waals surface area contributed by atoms with E-state index >= 15 is 0 Å². The zero-order valence-corrected chi connectivity index (χ0v) is 11.0. The molecule has 0 spiro atoms. The topological polar surface area (TPSA) is 72.6 Å². The number of nitrogens with zero attached hydrogens (tertiary/aromatic N) is 1. The van der Waals surface area contributed by atoms with E-state index in [0.717, 1.165) is 12.8 Å². The largest absolute Gasteiger partial charge is 0.376 e. The molecule has 0 aromatic heterocycles. The van der Waals surface area contributed by atoms with Gasteiger partial charge in [0.15, 0.2) is 0 Å². The third kappa shape index (κ3) is 1.39. The van der Waals surface area contributed by atoms with Crippen LogP contribution < -0.4 is 5.73 Å². The predicted molar refractivity (Wildman–Crippen MR) is 71.2 cm³/mol. The number of amides is 2. The lowest BCUT2D eigenvalue weighted by Gasteiger charge is -2.54. The van der Waals surface area contributed by atoms with Gasteiger partial charge >= 0.3 is 0 Å². The first-order valence-electron chi connectivity index (χ1n) is 7.04. The molecule has 1 saturated carbocycles. The molecule has 2 aliphatic heterocycles. The molecule has 0 radical (unpaired) electrons. The Hall–Kier alpha value is -1.72. The van der Waals surface area contributed by atoms with Crippen molar-refractivity contribution in [3.05, 3.63) is 35.4 Å². The highest BCUT2D eigenvalue weighted by atomic mass is 16.5. The number of nitrogens with two attached hydrogens (primary N) is 1. The Balaban J connectivity index is 1.68. The predicted octanol–water partition coefficient (Wildman–Crippen LogP) is 0.787. The van der Waals surface area contributed by atoms with Crippen LogP contribution in [0.2, 0.25) is 0 Å². The number of hydrogen-bond acceptors (Lipinski definition) is 4. The first-order valence-corrected chi connectivity index (χ1v) is 7.04. The Kier molecular flexibility index (Phi) is 2.49. The smallest absolute Gasteiger partial charge is 0.261 e. The van der Waals surface area contributed by atoms with Crippen LogP contribution >= 0.6 is 0 Å². The molecule has 1 aliphatic carbocycles. The number of hydrogen-bond donors (Lipinski definition) is 1. The fourth-order valence-corrected chi connectivity index (χ4v) is 3.71. The molecule has 3 aliphatic rings. The van der Waals surface area contributed by atoms with Crippen molar-refractivity contribution in [2.24, 2.45) is 11.7 Å². The Labute approximate surface area is 116 Å². The number of ether oxygens (including phenoxy) is 1. The van der Waals surface area contributed by atoms with E-state index in [1.54, 1.807) is 24.3 Å². The zero-order valence-electron chi connectivity index (χ0n) is 11.0. The summed E-state index contributed by atoms with van der Waals surface area (Å²) >= 11 is 0. The lowest BCUT2D eigenvalue weighted by atomic mass is 9.68. The molecule has 2 fully saturated rings. The zero-order chi connectivity index (χ0) is 13.9. The first-order chi connectivity index (χ1) is 9.70. The lowest BCUT2D eigenvalue weighted by Crippen LogP contribution is -2.72. The molecule has 4 atom stereocenters. The number of carbonyl (C=O) groups excluding carboxylic acids is 2. The van der Waals surface area contributed by atoms with Gasteiger partial charge in [0.25, 0.3) is 11.8 Å². The van der Waals surface area contributed by atoms with Crippen LogP contribution in [0.25, 0.3) is 0 Å². The maximum atomic E-state index is 12.5. The summed E-state index contributed by atoms with van der Waals surface area (Å²) in [4.78, 5) is 26.2. The van der Waals surface area contributed by atoms with Crippen molar-refractivity contribution < 1.29 is 14.3 Å². The normalized spacial score (nSPS) is 35.5. The van der Waals surface area contributed by atoms with Gasteiger partial charge in [-0.3, -0.25) is 14.5 Å². The van der Waals surface area contributed by atoms with Crippen molar-refractivity contribution in [3.63, 3.8) is 0 Å². The molecule has 2 N–H and O–H groups in total. The molecule has 1 saturated heterocycles. The second-order valence-electron chi connectivity index (χ2n) is 5.74. The summed E-state index contributed by atoms with van der Waals surface area (Å²) < 4.78 is 5.74. The summed E-state index contributed by atoms with van der Waals surface area (Å²) in [5.41, 5.74) is 7.14. The molecule has 5 nitrogen and oxygen atoms in total. The maximum Gasteiger partial charge on any atom is 0.261 e. The van der Waals surface area contributed by atoms with Crippen LogP contribution in [-0.4, -0.2) is 41.5 Å². The summed E-state index contributed by atoms with van der Waals surface area (Å²) in [5.74, 6) is -0.199. The highest BCUT2D eigenvalue weighted by Gasteiger charge is 2.57. The van der Waals surface area contributed by atoms with Gasteiger partial charge in [-0.2, -0.15) is 0 Å². The van der Waals surface area contributed by atoms with Gasteiger partial charge in [0.2, 0.25) is 0 Å². The SMILES string of the molecule is NC1C2CCCOC2C1N1C(=O)c2ccccc2C1=O. The van der Waals surface area contributed by atoms with E-state index in [-0.39, 0.29) is 35.9 Å². The summed E-state index contributed by atoms with van der Waals surface area (Å²) in [7, 11) is 0. The fourth-order valence-electron chi connectivity index (χ4n) is 3.71. The van der Waals surface area contributed by atoms with Gasteiger partial charge in [-0.25, -0.2) is 0 Å². The average molecular weight is 272 g/mol. The standard InChI is InChI=1S/C15H16N2O3/c16-11-10-6-3-7-20-13(10)12(11)17-14(18)8-4-1-2-5-9(8)15(17)19/h1-2,4-5,10-13H,3,6-7,16H2. The molecule has 4 unspecified atom stereocenters. The van der Waals surface area contributed by atoms with E-state index in [0.29, 0.717) is 17.7 Å². The Morgan fingerprint density at radius 3 is 2.45 bits per heavy atom. The molecule has 104 valence electrons. The summed E-state index contributed by atoms with van der Waals surface area (Å²) in [6.07, 6.45) is 1.94. The fraction of sp³-hybridized carbons (Fsp3) is 0.467. The molecule has 20 heavy (non-hydrogen) atoms. The van der Waals surface area contributed by atoms with Crippen LogP contribution in [-0.2, 0) is 4.74 Å². The molecule has 5 heteroatoms. The molecule has 0 bridgehead atoms. The minimum Gasteiger partial charge on any atom is -0.376 e. The van der Waals surface area contributed by atoms with Gasteiger partial charge in [-0.1, -0.05) is 12.1 Å². The third-order valence-electron chi connectivity index (χ3n) is 4.76. The minimum absolute atomic E-state index is 0.0824. The number of rotatable bonds is 1. The van der Waals surface area contributed by atoms with Gasteiger partial charge in [-0.05, 0) is 25.0 Å². The van der Waals surface area contributed by atoms with Crippen LogP contribution in [0.5, 0.6) is 0 Å². The van der Waals surface area contributed by atoms with Crippen LogP contribution in [0, 0.1) is 5.92 Å². The number of imide groups is 1. The minimum atomic E-state index is -0.312. The highest BCUT2D eigenvalue weighted by Crippen LogP contribution is 2.42. The molecule has 1 aromatic carbocycles. The Morgan fingerprint density at radius 2 is 1.80 bits per heavy atom. The molecule has 2 amide bonds. The van der Waals surface area contributed by atoms with E-state index in [2.05, 4.69) is 0 Å². The van der Waals surface area contributed by atoms with E-state index in [1.807, 2.05) is 0 Å². The van der Waals surface area contributed by atoms with Gasteiger partial charge in [0.05, 0.1) is 23.3 Å². The van der Waals surface area contributed by atoms with Gasteiger partial charge in [-0.15, -0.1) is 0 Å². The van der Waals surface area contributed by atoms with E-state index in [4.69, 9.17) is 10.5 Å². The van der Waals surface area contributed by atoms with E-state index < -0.39 is 0 Å². The molecule has 1 aromatic rings. The quantitative estimate of drug-likeness (QED) is 0.767. The van der Waals surface area contributed by atoms with Crippen molar-refractivity contribution in [2.75, 3.05) is 6.61 Å². The van der Waals surface area contributed by atoms with Gasteiger partial charge in [0, 0.05) is 18.6 Å². The first kappa shape index (κ1) is 12.1. The van der Waals surface area contributed by atoms with Crippen molar-refractivity contribution >= 4 is 11.8 Å². The molecule has 2 heterocycles. The van der Waals surface area contributed by atoms with Crippen molar-refractivity contribution in [3.8, 4) is 0 Å². The van der Waals surface area contributed by atoms with Crippen LogP contribution in [0.1, 0.15) is 33.6 Å². The Morgan fingerprint density at radius 1 is 1.15 bits per heavy atom. The molecular formula is C15H16N2O3. The number of benzene rings is 1. The maximum absolute atomic E-state index is 12.5. The van der Waals surface area contributed by atoms with Crippen molar-refractivity contribution in [1.29, 1.82) is 0 Å². The Bertz CT molecular complexity index is 566. The van der Waals surface area contributed by atoms with Crippen molar-refractivity contribution in [2.45, 2.75) is 31.0 Å². The monoisotopic (exact) mass is 272 g/mol. The van der Waals surface area contributed by atoms with Gasteiger partial charge < -0.3 is 10.5 Å². The van der Waals surface area contributed by atoms with Crippen molar-refractivity contribution in [1.82, 2.24) is 4.90 Å². The number of fused-ring (bicyclic) bond motifs is 2. The summed E-state index contributed by atoms with van der Waals surface area (Å²) in [6.45, 7) is 0.688. The van der Waals surface area contributed by atoms with Crippen LogP contribution in [0.15, 0.2) is 24.3 Å². The molecule has 4 rings (SSSR count). The third-order valence-corrected chi connectivity index (χ3v) is 4.76. The summed E-state index contributed by atoms with van der Waals surface area (Å²) in [6, 6.07) is 6.45. The molecular weight excluding hydrogens is 256 g/mol. The van der Waals surface area contributed by atoms with E-state index in [9.17, 15) is 9.59 Å². The lowest BCUT2D eigenvalue weighted by molar-refractivity contribution is -0.138. The highest BCUT2D eigenvalue weighted by molar-refractivity contribution is 6.21.